The van der Waals surface area contributed by atoms with Gasteiger partial charge in [0, 0.05) is 31.8 Å². The van der Waals surface area contributed by atoms with Crippen LogP contribution in [-0.2, 0) is 9.53 Å². The summed E-state index contributed by atoms with van der Waals surface area (Å²) in [5.74, 6) is 0.102. The lowest BCUT2D eigenvalue weighted by Gasteiger charge is -2.37. The van der Waals surface area contributed by atoms with Gasteiger partial charge in [0.05, 0.1) is 13.2 Å². The third kappa shape index (κ3) is 7.22. The molecule has 1 atom stereocenters. The molecule has 1 unspecified atom stereocenters. The van der Waals surface area contributed by atoms with Crippen LogP contribution in [0.25, 0.3) is 0 Å². The zero-order chi connectivity index (χ0) is 15.0. The van der Waals surface area contributed by atoms with E-state index >= 15 is 0 Å². The molecule has 0 aromatic heterocycles. The van der Waals surface area contributed by atoms with Gasteiger partial charge in [0.2, 0.25) is 5.91 Å². The van der Waals surface area contributed by atoms with Crippen LogP contribution in [-0.4, -0.2) is 62.3 Å². The van der Waals surface area contributed by atoms with Crippen molar-refractivity contribution in [2.75, 3.05) is 39.9 Å². The zero-order valence-corrected chi connectivity index (χ0v) is 13.5. The van der Waals surface area contributed by atoms with Crippen LogP contribution >= 0.6 is 0 Å². The van der Waals surface area contributed by atoms with Gasteiger partial charge < -0.3 is 15.4 Å². The van der Waals surface area contributed by atoms with Crippen molar-refractivity contribution >= 4 is 5.91 Å². The summed E-state index contributed by atoms with van der Waals surface area (Å²) in [6.45, 7) is 10.2. The van der Waals surface area contributed by atoms with Crippen LogP contribution in [0.5, 0.6) is 0 Å². The Balaban J connectivity index is 2.37. The minimum Gasteiger partial charge on any atom is -0.383 e. The molecule has 0 bridgehead atoms. The molecule has 1 rings (SSSR count). The highest BCUT2D eigenvalue weighted by Gasteiger charge is 2.25. The van der Waals surface area contributed by atoms with Gasteiger partial charge in [0.25, 0.3) is 0 Å². The summed E-state index contributed by atoms with van der Waals surface area (Å²) in [4.78, 5) is 14.2. The summed E-state index contributed by atoms with van der Waals surface area (Å²) in [5.41, 5.74) is 0.129. The van der Waals surface area contributed by atoms with Crippen molar-refractivity contribution in [1.29, 1.82) is 0 Å². The van der Waals surface area contributed by atoms with Crippen molar-refractivity contribution in [1.82, 2.24) is 15.5 Å². The predicted octanol–water partition coefficient (Wildman–Crippen LogP) is 0.992. The van der Waals surface area contributed by atoms with Crippen LogP contribution in [0.2, 0.25) is 0 Å². The van der Waals surface area contributed by atoms with Gasteiger partial charge in [-0.15, -0.1) is 0 Å². The summed E-state index contributed by atoms with van der Waals surface area (Å²) in [5, 5.41) is 6.45. The Morgan fingerprint density at radius 3 is 2.75 bits per heavy atom. The molecule has 0 spiro atoms. The van der Waals surface area contributed by atoms with E-state index in [2.05, 4.69) is 36.3 Å². The third-order valence-corrected chi connectivity index (χ3v) is 3.59. The minimum atomic E-state index is 0.102. The molecule has 1 heterocycles. The number of ether oxygens (including phenoxy) is 1. The largest absolute Gasteiger partial charge is 0.383 e. The number of rotatable bonds is 7. The van der Waals surface area contributed by atoms with Crippen LogP contribution in [0.3, 0.4) is 0 Å². The van der Waals surface area contributed by atoms with Crippen LogP contribution in [0.15, 0.2) is 0 Å². The normalized spacial score (nSPS) is 20.9. The lowest BCUT2D eigenvalue weighted by atomic mass is 10.0. The Bertz CT molecular complexity index is 289. The Morgan fingerprint density at radius 2 is 2.10 bits per heavy atom. The van der Waals surface area contributed by atoms with Gasteiger partial charge in [-0.25, -0.2) is 0 Å². The third-order valence-electron chi connectivity index (χ3n) is 3.59. The Labute approximate surface area is 123 Å². The summed E-state index contributed by atoms with van der Waals surface area (Å²) in [6.07, 6.45) is 3.63. The maximum Gasteiger partial charge on any atom is 0.234 e. The SMILES string of the molecule is COCCNC(=O)CN1CCCCC1CNC(C)(C)C. The average Bonchev–Trinajstić information content (AvgIpc) is 2.37. The van der Waals surface area contributed by atoms with Crippen LogP contribution < -0.4 is 10.6 Å². The van der Waals surface area contributed by atoms with E-state index in [9.17, 15) is 4.79 Å². The number of carbonyl (C=O) groups is 1. The number of nitrogens with one attached hydrogen (secondary N) is 2. The fourth-order valence-electron chi connectivity index (χ4n) is 2.46. The average molecular weight is 285 g/mol. The van der Waals surface area contributed by atoms with Gasteiger partial charge >= 0.3 is 0 Å². The van der Waals surface area contributed by atoms with Crippen molar-refractivity contribution in [2.45, 2.75) is 51.6 Å². The van der Waals surface area contributed by atoms with Crippen LogP contribution in [0.4, 0.5) is 0 Å². The van der Waals surface area contributed by atoms with Gasteiger partial charge in [-0.2, -0.15) is 0 Å². The van der Waals surface area contributed by atoms with Gasteiger partial charge in [0.1, 0.15) is 0 Å². The number of likely N-dealkylation sites (tertiary alicyclic amines) is 1. The second-order valence-electron chi connectivity index (χ2n) is 6.59. The molecule has 0 radical (unpaired) electrons. The van der Waals surface area contributed by atoms with Gasteiger partial charge in [0.15, 0.2) is 0 Å². The maximum atomic E-state index is 11.9. The van der Waals surface area contributed by atoms with Gasteiger partial charge in [-0.3, -0.25) is 9.69 Å². The first kappa shape index (κ1) is 17.4. The van der Waals surface area contributed by atoms with Crippen LogP contribution in [0.1, 0.15) is 40.0 Å². The van der Waals surface area contributed by atoms with Gasteiger partial charge in [-0.1, -0.05) is 6.42 Å². The number of nitrogens with zero attached hydrogens (tertiary/aromatic N) is 1. The van der Waals surface area contributed by atoms with Crippen molar-refractivity contribution in [2.24, 2.45) is 0 Å². The number of piperidine rings is 1. The van der Waals surface area contributed by atoms with E-state index in [-0.39, 0.29) is 11.4 Å². The van der Waals surface area contributed by atoms with Crippen molar-refractivity contribution in [3.05, 3.63) is 0 Å². The molecule has 0 aromatic carbocycles. The van der Waals surface area contributed by atoms with Gasteiger partial charge in [-0.05, 0) is 40.2 Å². The Kier molecular flexibility index (Phi) is 7.48. The van der Waals surface area contributed by atoms with E-state index in [0.29, 0.717) is 25.7 Å². The number of methoxy groups -OCH3 is 1. The molecule has 5 heteroatoms. The molecule has 20 heavy (non-hydrogen) atoms. The predicted molar refractivity (Wildman–Crippen MR) is 81.9 cm³/mol. The van der Waals surface area contributed by atoms with Crippen molar-refractivity contribution in [3.8, 4) is 0 Å². The van der Waals surface area contributed by atoms with Crippen molar-refractivity contribution < 1.29 is 9.53 Å². The topological polar surface area (TPSA) is 53.6 Å². The molecule has 1 saturated heterocycles. The number of amides is 1. The summed E-state index contributed by atoms with van der Waals surface area (Å²) >= 11 is 0. The van der Waals surface area contributed by atoms with E-state index < -0.39 is 0 Å². The first-order valence-electron chi connectivity index (χ1n) is 7.67. The minimum absolute atomic E-state index is 0.102. The second kappa shape index (κ2) is 8.60. The first-order valence-corrected chi connectivity index (χ1v) is 7.67. The van der Waals surface area contributed by atoms with E-state index in [0.717, 1.165) is 13.1 Å². The quantitative estimate of drug-likeness (QED) is 0.685. The standard InChI is InChI=1S/C15H31N3O2/c1-15(2,3)17-11-13-7-5-6-9-18(13)12-14(19)16-8-10-20-4/h13,17H,5-12H2,1-4H3,(H,16,19). The molecule has 2 N–H and O–H groups in total. The number of hydrogen-bond donors (Lipinski definition) is 2. The molecule has 1 fully saturated rings. The van der Waals surface area contributed by atoms with E-state index in [1.165, 1.54) is 19.3 Å². The smallest absolute Gasteiger partial charge is 0.234 e. The molecule has 0 saturated carbocycles. The zero-order valence-electron chi connectivity index (χ0n) is 13.5. The molecule has 0 aliphatic carbocycles. The van der Waals surface area contributed by atoms with E-state index in [1.807, 2.05) is 0 Å². The summed E-state index contributed by atoms with van der Waals surface area (Å²) < 4.78 is 4.94. The van der Waals surface area contributed by atoms with Crippen molar-refractivity contribution in [3.63, 3.8) is 0 Å². The molecule has 1 aliphatic rings. The fraction of sp³-hybridized carbons (Fsp3) is 0.933. The fourth-order valence-corrected chi connectivity index (χ4v) is 2.46. The molecule has 1 aliphatic heterocycles. The molecule has 5 nitrogen and oxygen atoms in total. The molecular formula is C15H31N3O2. The lowest BCUT2D eigenvalue weighted by Crippen LogP contribution is -2.52. The highest BCUT2D eigenvalue weighted by molar-refractivity contribution is 5.78. The first-order chi connectivity index (χ1) is 9.42. The molecule has 0 aromatic rings. The lowest BCUT2D eigenvalue weighted by molar-refractivity contribution is -0.123. The maximum absolute atomic E-state index is 11.9. The number of hydrogen-bond acceptors (Lipinski definition) is 4. The Hall–Kier alpha value is -0.650. The molecule has 1 amide bonds. The second-order valence-corrected chi connectivity index (χ2v) is 6.59. The highest BCUT2D eigenvalue weighted by Crippen LogP contribution is 2.16. The van der Waals surface area contributed by atoms with Crippen LogP contribution in [0, 0.1) is 0 Å². The monoisotopic (exact) mass is 285 g/mol. The highest BCUT2D eigenvalue weighted by atomic mass is 16.5. The van der Waals surface area contributed by atoms with E-state index in [4.69, 9.17) is 4.74 Å². The number of carbonyl (C=O) groups excluding carboxylic acids is 1. The summed E-state index contributed by atoms with van der Waals surface area (Å²) in [7, 11) is 1.64. The summed E-state index contributed by atoms with van der Waals surface area (Å²) in [6, 6.07) is 0.469. The van der Waals surface area contributed by atoms with E-state index in [1.54, 1.807) is 7.11 Å². The molecule has 118 valence electrons. The Morgan fingerprint density at radius 1 is 1.35 bits per heavy atom. The molecular weight excluding hydrogens is 254 g/mol.